The summed E-state index contributed by atoms with van der Waals surface area (Å²) in [6.07, 6.45) is 11.5. The second-order valence-electron chi connectivity index (χ2n) is 8.21. The molecule has 142 valence electrons. The highest BCUT2D eigenvalue weighted by Gasteiger charge is 2.31. The third-order valence-corrected chi connectivity index (χ3v) is 6.55. The number of nitrogens with zero attached hydrogens (tertiary/aromatic N) is 3. The van der Waals surface area contributed by atoms with E-state index < -0.39 is 0 Å². The number of amides is 2. The minimum atomic E-state index is 0.0738. The van der Waals surface area contributed by atoms with Crippen LogP contribution in [0.2, 0.25) is 0 Å². The second kappa shape index (κ2) is 7.80. The Hall–Kier alpha value is -1.85. The molecule has 2 heterocycles. The summed E-state index contributed by atoms with van der Waals surface area (Å²) in [4.78, 5) is 29.2. The van der Waals surface area contributed by atoms with E-state index in [1.165, 1.54) is 36.9 Å². The lowest BCUT2D eigenvalue weighted by Crippen LogP contribution is -2.52. The van der Waals surface area contributed by atoms with E-state index >= 15 is 0 Å². The Morgan fingerprint density at radius 1 is 1.08 bits per heavy atom. The van der Waals surface area contributed by atoms with Crippen LogP contribution >= 0.6 is 0 Å². The van der Waals surface area contributed by atoms with Crippen LogP contribution in [-0.4, -0.2) is 58.0 Å². The Balaban J connectivity index is 1.23. The van der Waals surface area contributed by atoms with Crippen molar-refractivity contribution in [2.24, 2.45) is 11.8 Å². The van der Waals surface area contributed by atoms with Crippen LogP contribution in [0.4, 0.5) is 0 Å². The number of carbonyl (C=O) groups is 2. The number of aromatic nitrogens is 2. The molecule has 0 radical (unpaired) electrons. The SMILES string of the molecule is O=C(CCC1CCCC1)N1CCN(C(=O)C2CCc3[nH]ncc3C2)CC1. The largest absolute Gasteiger partial charge is 0.339 e. The highest BCUT2D eigenvalue weighted by Crippen LogP contribution is 2.29. The molecule has 1 unspecified atom stereocenters. The molecule has 3 aliphatic rings. The summed E-state index contributed by atoms with van der Waals surface area (Å²) in [5.74, 6) is 1.38. The average molecular weight is 358 g/mol. The summed E-state index contributed by atoms with van der Waals surface area (Å²) in [7, 11) is 0. The molecule has 0 bridgehead atoms. The fraction of sp³-hybridized carbons (Fsp3) is 0.750. The predicted molar refractivity (Wildman–Crippen MR) is 98.5 cm³/mol. The van der Waals surface area contributed by atoms with Crippen molar-refractivity contribution in [3.63, 3.8) is 0 Å². The number of aromatic amines is 1. The minimum Gasteiger partial charge on any atom is -0.339 e. The first-order valence-corrected chi connectivity index (χ1v) is 10.3. The zero-order chi connectivity index (χ0) is 17.9. The number of hydrogen-bond donors (Lipinski definition) is 1. The van der Waals surface area contributed by atoms with Gasteiger partial charge in [0, 0.05) is 44.2 Å². The van der Waals surface area contributed by atoms with Gasteiger partial charge in [-0.25, -0.2) is 0 Å². The van der Waals surface area contributed by atoms with Crippen LogP contribution in [0.5, 0.6) is 0 Å². The Labute approximate surface area is 155 Å². The summed E-state index contributed by atoms with van der Waals surface area (Å²) in [6.45, 7) is 2.75. The molecule has 2 amide bonds. The van der Waals surface area contributed by atoms with Crippen molar-refractivity contribution in [3.05, 3.63) is 17.5 Å². The Morgan fingerprint density at radius 2 is 1.81 bits per heavy atom. The molecule has 1 N–H and O–H groups in total. The first kappa shape index (κ1) is 17.6. The quantitative estimate of drug-likeness (QED) is 0.897. The number of hydrogen-bond acceptors (Lipinski definition) is 3. The number of fused-ring (bicyclic) bond motifs is 1. The Kier molecular flexibility index (Phi) is 5.27. The zero-order valence-electron chi connectivity index (χ0n) is 15.6. The number of rotatable bonds is 4. The van der Waals surface area contributed by atoms with Crippen LogP contribution in [0.3, 0.4) is 0 Å². The second-order valence-corrected chi connectivity index (χ2v) is 8.21. The van der Waals surface area contributed by atoms with Crippen molar-refractivity contribution in [1.29, 1.82) is 0 Å². The summed E-state index contributed by atoms with van der Waals surface area (Å²) >= 11 is 0. The van der Waals surface area contributed by atoms with E-state index in [-0.39, 0.29) is 17.7 Å². The highest BCUT2D eigenvalue weighted by atomic mass is 16.2. The summed E-state index contributed by atoms with van der Waals surface area (Å²) < 4.78 is 0. The molecule has 1 saturated heterocycles. The van der Waals surface area contributed by atoms with Gasteiger partial charge in [-0.15, -0.1) is 0 Å². The maximum Gasteiger partial charge on any atom is 0.226 e. The fourth-order valence-corrected chi connectivity index (χ4v) is 4.85. The Bertz CT molecular complexity index is 642. The average Bonchev–Trinajstić information content (AvgIpc) is 3.36. The predicted octanol–water partition coefficient (Wildman–Crippen LogP) is 2.16. The van der Waals surface area contributed by atoms with Crippen molar-refractivity contribution in [2.45, 2.75) is 57.8 Å². The van der Waals surface area contributed by atoms with Crippen molar-refractivity contribution in [2.75, 3.05) is 26.2 Å². The number of aryl methyl sites for hydroxylation is 1. The molecule has 6 heteroatoms. The molecule has 1 aromatic rings. The first-order chi connectivity index (χ1) is 12.7. The van der Waals surface area contributed by atoms with Gasteiger partial charge in [-0.3, -0.25) is 14.7 Å². The molecule has 4 rings (SSSR count). The molecule has 26 heavy (non-hydrogen) atoms. The molecule has 6 nitrogen and oxygen atoms in total. The monoisotopic (exact) mass is 358 g/mol. The van der Waals surface area contributed by atoms with Gasteiger partial charge < -0.3 is 9.80 Å². The van der Waals surface area contributed by atoms with Gasteiger partial charge in [-0.05, 0) is 37.2 Å². The molecule has 2 aliphatic carbocycles. The van der Waals surface area contributed by atoms with Crippen LogP contribution < -0.4 is 0 Å². The maximum absolute atomic E-state index is 12.9. The third kappa shape index (κ3) is 3.79. The number of carbonyl (C=O) groups excluding carboxylic acids is 2. The van der Waals surface area contributed by atoms with E-state index in [2.05, 4.69) is 10.2 Å². The standard InChI is InChI=1S/C20H30N4O2/c25-19(8-5-15-3-1-2-4-15)23-9-11-24(12-10-23)20(26)16-6-7-18-17(13-16)14-21-22-18/h14-16H,1-13H2,(H,21,22). The van der Waals surface area contributed by atoms with E-state index in [1.807, 2.05) is 16.0 Å². The molecule has 1 aromatic heterocycles. The smallest absolute Gasteiger partial charge is 0.226 e. The summed E-state index contributed by atoms with van der Waals surface area (Å²) in [6, 6.07) is 0. The fourth-order valence-electron chi connectivity index (χ4n) is 4.85. The molecule has 0 aromatic carbocycles. The van der Waals surface area contributed by atoms with Gasteiger partial charge in [0.05, 0.1) is 6.20 Å². The van der Waals surface area contributed by atoms with Gasteiger partial charge in [-0.1, -0.05) is 25.7 Å². The van der Waals surface area contributed by atoms with Crippen molar-refractivity contribution in [3.8, 4) is 0 Å². The van der Waals surface area contributed by atoms with Crippen LogP contribution in [0, 0.1) is 11.8 Å². The number of piperazine rings is 1. The summed E-state index contributed by atoms with van der Waals surface area (Å²) in [5, 5.41) is 7.12. The van der Waals surface area contributed by atoms with E-state index in [1.54, 1.807) is 0 Å². The maximum atomic E-state index is 12.9. The van der Waals surface area contributed by atoms with Gasteiger partial charge in [0.25, 0.3) is 0 Å². The van der Waals surface area contributed by atoms with Crippen LogP contribution in [0.15, 0.2) is 6.20 Å². The number of nitrogens with one attached hydrogen (secondary N) is 1. The zero-order valence-corrected chi connectivity index (χ0v) is 15.6. The van der Waals surface area contributed by atoms with E-state index in [0.717, 1.165) is 31.6 Å². The Morgan fingerprint density at radius 3 is 2.58 bits per heavy atom. The van der Waals surface area contributed by atoms with Crippen LogP contribution in [-0.2, 0) is 22.4 Å². The van der Waals surface area contributed by atoms with Crippen LogP contribution in [0.1, 0.15) is 56.2 Å². The first-order valence-electron chi connectivity index (χ1n) is 10.3. The van der Waals surface area contributed by atoms with E-state index in [0.29, 0.717) is 32.6 Å². The molecule has 1 saturated carbocycles. The lowest BCUT2D eigenvalue weighted by atomic mass is 9.87. The number of H-pyrrole nitrogens is 1. The molecule has 2 fully saturated rings. The van der Waals surface area contributed by atoms with Gasteiger partial charge in [0.15, 0.2) is 0 Å². The van der Waals surface area contributed by atoms with Gasteiger partial charge >= 0.3 is 0 Å². The lowest BCUT2D eigenvalue weighted by molar-refractivity contribution is -0.142. The topological polar surface area (TPSA) is 69.3 Å². The lowest BCUT2D eigenvalue weighted by Gasteiger charge is -2.37. The van der Waals surface area contributed by atoms with E-state index in [9.17, 15) is 9.59 Å². The van der Waals surface area contributed by atoms with Gasteiger partial charge in [0.2, 0.25) is 11.8 Å². The van der Waals surface area contributed by atoms with Crippen molar-refractivity contribution in [1.82, 2.24) is 20.0 Å². The molecule has 1 aliphatic heterocycles. The normalized spacial score (nSPS) is 23.9. The van der Waals surface area contributed by atoms with Crippen molar-refractivity contribution < 1.29 is 9.59 Å². The third-order valence-electron chi connectivity index (χ3n) is 6.55. The van der Waals surface area contributed by atoms with Crippen LogP contribution in [0.25, 0.3) is 0 Å². The molecular formula is C20H30N4O2. The van der Waals surface area contributed by atoms with Crippen molar-refractivity contribution >= 4 is 11.8 Å². The summed E-state index contributed by atoms with van der Waals surface area (Å²) in [5.41, 5.74) is 2.38. The van der Waals surface area contributed by atoms with Gasteiger partial charge in [0.1, 0.15) is 0 Å². The molecular weight excluding hydrogens is 328 g/mol. The minimum absolute atomic E-state index is 0.0738. The molecule has 0 spiro atoms. The highest BCUT2D eigenvalue weighted by molar-refractivity contribution is 5.80. The van der Waals surface area contributed by atoms with Gasteiger partial charge in [-0.2, -0.15) is 5.10 Å². The van der Waals surface area contributed by atoms with E-state index in [4.69, 9.17) is 0 Å². The molecule has 1 atom stereocenters.